The summed E-state index contributed by atoms with van der Waals surface area (Å²) in [5.74, 6) is -1.52. The van der Waals surface area contributed by atoms with Crippen LogP contribution in [0.2, 0.25) is 5.02 Å². The lowest BCUT2D eigenvalue weighted by Gasteiger charge is -2.02. The van der Waals surface area contributed by atoms with Gasteiger partial charge in [-0.1, -0.05) is 11.6 Å². The van der Waals surface area contributed by atoms with E-state index >= 15 is 0 Å². The number of nitrogens with zero attached hydrogens (tertiary/aromatic N) is 1. The minimum atomic E-state index is -0.818. The highest BCUT2D eigenvalue weighted by Gasteiger charge is 2.16. The first-order chi connectivity index (χ1) is 7.09. The summed E-state index contributed by atoms with van der Waals surface area (Å²) in [5, 5.41) is 1.59. The minimum absolute atomic E-state index is 0.141. The Bertz CT molecular complexity index is 513. The van der Waals surface area contributed by atoms with E-state index < -0.39 is 11.6 Å². The lowest BCUT2D eigenvalue weighted by atomic mass is 10.1. The lowest BCUT2D eigenvalue weighted by Crippen LogP contribution is -1.92. The molecule has 0 saturated carbocycles. The second kappa shape index (κ2) is 3.75. The van der Waals surface area contributed by atoms with Gasteiger partial charge in [-0.3, -0.25) is 0 Å². The molecule has 78 valence electrons. The standard InChI is InChI=1S/C9H5ClF2N2S/c10-4-1-2-5(11)7(8(4)12)6-3-15-9(13)14-6/h1-3H,(H2,13,14). The molecule has 0 radical (unpaired) electrons. The van der Waals surface area contributed by atoms with Crippen LogP contribution in [0.15, 0.2) is 17.5 Å². The number of nitrogens with two attached hydrogens (primary N) is 1. The van der Waals surface area contributed by atoms with Crippen LogP contribution in [-0.2, 0) is 0 Å². The number of rotatable bonds is 1. The number of benzene rings is 1. The molecule has 1 aromatic carbocycles. The molecule has 2 rings (SSSR count). The van der Waals surface area contributed by atoms with Gasteiger partial charge in [0.05, 0.1) is 16.3 Å². The maximum absolute atomic E-state index is 13.5. The summed E-state index contributed by atoms with van der Waals surface area (Å²) >= 11 is 6.66. The molecular formula is C9H5ClF2N2S. The molecule has 0 bridgehead atoms. The maximum atomic E-state index is 13.5. The van der Waals surface area contributed by atoms with Crippen molar-refractivity contribution >= 4 is 28.1 Å². The SMILES string of the molecule is Nc1nc(-c2c(F)ccc(Cl)c2F)cs1. The molecule has 15 heavy (non-hydrogen) atoms. The first-order valence-electron chi connectivity index (χ1n) is 3.94. The van der Waals surface area contributed by atoms with Crippen LogP contribution < -0.4 is 5.73 Å². The van der Waals surface area contributed by atoms with Crippen LogP contribution in [-0.4, -0.2) is 4.98 Å². The van der Waals surface area contributed by atoms with E-state index in [2.05, 4.69) is 4.98 Å². The van der Waals surface area contributed by atoms with Crippen molar-refractivity contribution in [3.63, 3.8) is 0 Å². The van der Waals surface area contributed by atoms with Gasteiger partial charge in [0, 0.05) is 5.38 Å². The van der Waals surface area contributed by atoms with E-state index in [9.17, 15) is 8.78 Å². The molecule has 1 heterocycles. The van der Waals surface area contributed by atoms with Crippen molar-refractivity contribution in [1.82, 2.24) is 4.98 Å². The molecule has 0 aliphatic heterocycles. The van der Waals surface area contributed by atoms with Gasteiger partial charge in [-0.2, -0.15) is 0 Å². The Balaban J connectivity index is 2.66. The summed E-state index contributed by atoms with van der Waals surface area (Å²) in [4.78, 5) is 3.80. The van der Waals surface area contributed by atoms with Crippen LogP contribution in [0.1, 0.15) is 0 Å². The largest absolute Gasteiger partial charge is 0.375 e. The molecule has 0 fully saturated rings. The lowest BCUT2D eigenvalue weighted by molar-refractivity contribution is 0.589. The Morgan fingerprint density at radius 2 is 2.07 bits per heavy atom. The fourth-order valence-corrected chi connectivity index (χ4v) is 1.88. The van der Waals surface area contributed by atoms with Gasteiger partial charge in [0.1, 0.15) is 5.82 Å². The number of thiazole rings is 1. The van der Waals surface area contributed by atoms with E-state index in [1.165, 1.54) is 5.38 Å². The summed E-state index contributed by atoms with van der Waals surface area (Å²) in [6.45, 7) is 0. The Labute approximate surface area is 93.3 Å². The summed E-state index contributed by atoms with van der Waals surface area (Å²) < 4.78 is 26.9. The van der Waals surface area contributed by atoms with Gasteiger partial charge in [0.25, 0.3) is 0 Å². The van der Waals surface area contributed by atoms with Crippen molar-refractivity contribution in [1.29, 1.82) is 0 Å². The zero-order valence-electron chi connectivity index (χ0n) is 7.30. The monoisotopic (exact) mass is 246 g/mol. The van der Waals surface area contributed by atoms with Crippen LogP contribution >= 0.6 is 22.9 Å². The smallest absolute Gasteiger partial charge is 0.180 e. The average Bonchev–Trinajstić information content (AvgIpc) is 2.59. The molecule has 0 atom stereocenters. The topological polar surface area (TPSA) is 38.9 Å². The maximum Gasteiger partial charge on any atom is 0.180 e. The number of halogens is 3. The Morgan fingerprint density at radius 3 is 2.67 bits per heavy atom. The molecule has 1 aromatic heterocycles. The normalized spacial score (nSPS) is 10.6. The van der Waals surface area contributed by atoms with Crippen LogP contribution in [0.25, 0.3) is 11.3 Å². The summed E-state index contributed by atoms with van der Waals surface area (Å²) in [5.41, 5.74) is 5.31. The van der Waals surface area contributed by atoms with Gasteiger partial charge in [0.15, 0.2) is 10.9 Å². The third kappa shape index (κ3) is 1.80. The summed E-state index contributed by atoms with van der Waals surface area (Å²) in [6.07, 6.45) is 0. The Hall–Kier alpha value is -1.20. The predicted molar refractivity (Wildman–Crippen MR) is 56.9 cm³/mol. The number of aromatic nitrogens is 1. The van der Waals surface area contributed by atoms with E-state index in [0.29, 0.717) is 0 Å². The summed E-state index contributed by atoms with van der Waals surface area (Å²) in [6, 6.07) is 2.25. The van der Waals surface area contributed by atoms with E-state index in [1.807, 2.05) is 0 Å². The first-order valence-corrected chi connectivity index (χ1v) is 5.20. The zero-order chi connectivity index (χ0) is 11.0. The molecule has 0 amide bonds. The molecule has 0 saturated heterocycles. The first kappa shape index (κ1) is 10.3. The van der Waals surface area contributed by atoms with Crippen molar-refractivity contribution in [3.8, 4) is 11.3 Å². The van der Waals surface area contributed by atoms with Crippen LogP contribution in [0.3, 0.4) is 0 Å². The fourth-order valence-electron chi connectivity index (χ4n) is 1.16. The Kier molecular flexibility index (Phi) is 2.58. The van der Waals surface area contributed by atoms with E-state index in [1.54, 1.807) is 0 Å². The zero-order valence-corrected chi connectivity index (χ0v) is 8.87. The van der Waals surface area contributed by atoms with Gasteiger partial charge < -0.3 is 5.73 Å². The van der Waals surface area contributed by atoms with Crippen molar-refractivity contribution in [2.75, 3.05) is 5.73 Å². The van der Waals surface area contributed by atoms with E-state index in [-0.39, 0.29) is 21.4 Å². The molecule has 0 aliphatic rings. The van der Waals surface area contributed by atoms with Crippen molar-refractivity contribution in [2.24, 2.45) is 0 Å². The second-order valence-corrected chi connectivity index (χ2v) is 4.09. The van der Waals surface area contributed by atoms with Crippen molar-refractivity contribution in [3.05, 3.63) is 34.2 Å². The molecular weight excluding hydrogens is 242 g/mol. The number of hydrogen-bond donors (Lipinski definition) is 1. The van der Waals surface area contributed by atoms with Crippen LogP contribution in [0.4, 0.5) is 13.9 Å². The van der Waals surface area contributed by atoms with Gasteiger partial charge in [-0.05, 0) is 12.1 Å². The second-order valence-electron chi connectivity index (χ2n) is 2.79. The van der Waals surface area contributed by atoms with Gasteiger partial charge >= 0.3 is 0 Å². The minimum Gasteiger partial charge on any atom is -0.375 e. The van der Waals surface area contributed by atoms with Crippen LogP contribution in [0, 0.1) is 11.6 Å². The number of anilines is 1. The fraction of sp³-hybridized carbons (Fsp3) is 0. The van der Waals surface area contributed by atoms with Crippen molar-refractivity contribution < 1.29 is 8.78 Å². The third-order valence-electron chi connectivity index (χ3n) is 1.82. The summed E-state index contributed by atoms with van der Waals surface area (Å²) in [7, 11) is 0. The molecule has 0 spiro atoms. The highest BCUT2D eigenvalue weighted by Crippen LogP contribution is 2.31. The molecule has 0 aliphatic carbocycles. The van der Waals surface area contributed by atoms with E-state index in [4.69, 9.17) is 17.3 Å². The highest BCUT2D eigenvalue weighted by atomic mass is 35.5. The third-order valence-corrected chi connectivity index (χ3v) is 2.79. The van der Waals surface area contributed by atoms with E-state index in [0.717, 1.165) is 23.5 Å². The Morgan fingerprint density at radius 1 is 1.33 bits per heavy atom. The van der Waals surface area contributed by atoms with Gasteiger partial charge in [0.2, 0.25) is 0 Å². The van der Waals surface area contributed by atoms with Gasteiger partial charge in [-0.15, -0.1) is 11.3 Å². The quantitative estimate of drug-likeness (QED) is 0.784. The molecule has 2 N–H and O–H groups in total. The number of nitrogen functional groups attached to an aromatic ring is 1. The molecule has 6 heteroatoms. The predicted octanol–water partition coefficient (Wildman–Crippen LogP) is 3.32. The molecule has 2 aromatic rings. The molecule has 0 unspecified atom stereocenters. The van der Waals surface area contributed by atoms with Crippen LogP contribution in [0.5, 0.6) is 0 Å². The molecule has 2 nitrogen and oxygen atoms in total. The number of hydrogen-bond acceptors (Lipinski definition) is 3. The highest BCUT2D eigenvalue weighted by molar-refractivity contribution is 7.13. The van der Waals surface area contributed by atoms with Gasteiger partial charge in [-0.25, -0.2) is 13.8 Å². The average molecular weight is 247 g/mol. The van der Waals surface area contributed by atoms with Crippen molar-refractivity contribution in [2.45, 2.75) is 0 Å².